The van der Waals surface area contributed by atoms with Gasteiger partial charge in [-0.1, -0.05) is 30.2 Å². The molecule has 2 heterocycles. The van der Waals surface area contributed by atoms with Gasteiger partial charge in [-0.3, -0.25) is 0 Å². The number of sulfonamides is 1. The Hall–Kier alpha value is -1.93. The zero-order valence-electron chi connectivity index (χ0n) is 13.0. The van der Waals surface area contributed by atoms with Gasteiger partial charge in [0.25, 0.3) is 0 Å². The molecule has 1 aromatic carbocycles. The maximum atomic E-state index is 12.9. The zero-order chi connectivity index (χ0) is 16.4. The van der Waals surface area contributed by atoms with Crippen LogP contribution in [-0.2, 0) is 16.4 Å². The van der Waals surface area contributed by atoms with Crippen molar-refractivity contribution < 1.29 is 12.8 Å². The van der Waals surface area contributed by atoms with E-state index in [2.05, 4.69) is 10.2 Å². The summed E-state index contributed by atoms with van der Waals surface area (Å²) in [6, 6.07) is 7.22. The van der Waals surface area contributed by atoms with Crippen molar-refractivity contribution in [2.24, 2.45) is 0 Å². The van der Waals surface area contributed by atoms with Gasteiger partial charge in [0, 0.05) is 19.0 Å². The second-order valence-corrected chi connectivity index (χ2v) is 7.52. The third-order valence-electron chi connectivity index (χ3n) is 4.23. The quantitative estimate of drug-likeness (QED) is 0.913. The average Bonchev–Trinajstić information content (AvgIpc) is 3.01. The van der Waals surface area contributed by atoms with Gasteiger partial charge in [0.05, 0.1) is 4.90 Å². The van der Waals surface area contributed by atoms with E-state index >= 15 is 0 Å². The summed E-state index contributed by atoms with van der Waals surface area (Å²) in [4.78, 5) is 0.406. The highest BCUT2D eigenvalue weighted by molar-refractivity contribution is 7.89. The van der Waals surface area contributed by atoms with Crippen LogP contribution in [0.2, 0.25) is 0 Å². The smallest absolute Gasteiger partial charge is 0.312 e. The first-order chi connectivity index (χ1) is 11.0. The van der Waals surface area contributed by atoms with E-state index in [1.807, 2.05) is 19.1 Å². The predicted molar refractivity (Wildman–Crippen MR) is 85.3 cm³/mol. The van der Waals surface area contributed by atoms with E-state index in [1.54, 1.807) is 12.1 Å². The molecule has 23 heavy (non-hydrogen) atoms. The van der Waals surface area contributed by atoms with Crippen molar-refractivity contribution in [3.05, 3.63) is 35.7 Å². The summed E-state index contributed by atoms with van der Waals surface area (Å²) in [5.41, 5.74) is 6.29. The Morgan fingerprint density at radius 2 is 1.96 bits per heavy atom. The Morgan fingerprint density at radius 1 is 1.26 bits per heavy atom. The molecule has 3 rings (SSSR count). The topological polar surface area (TPSA) is 102 Å². The number of hydrogen-bond donors (Lipinski definition) is 1. The minimum Gasteiger partial charge on any atom is -0.408 e. The van der Waals surface area contributed by atoms with Gasteiger partial charge in [-0.15, -0.1) is 5.10 Å². The van der Waals surface area contributed by atoms with Crippen LogP contribution in [-0.4, -0.2) is 36.0 Å². The molecule has 0 saturated carbocycles. The normalized spacial score (nSPS) is 17.4. The molecule has 0 unspecified atom stereocenters. The van der Waals surface area contributed by atoms with E-state index in [0.717, 1.165) is 5.56 Å². The summed E-state index contributed by atoms with van der Waals surface area (Å²) >= 11 is 0. The lowest BCUT2D eigenvalue weighted by Crippen LogP contribution is -2.38. The molecule has 0 bridgehead atoms. The van der Waals surface area contributed by atoms with Gasteiger partial charge < -0.3 is 10.2 Å². The first-order valence-corrected chi connectivity index (χ1v) is 9.13. The second kappa shape index (κ2) is 6.29. The van der Waals surface area contributed by atoms with Crippen molar-refractivity contribution in [3.8, 4) is 0 Å². The summed E-state index contributed by atoms with van der Waals surface area (Å²) in [5, 5.41) is 7.56. The molecule has 0 amide bonds. The lowest BCUT2D eigenvalue weighted by atomic mass is 9.98. The maximum absolute atomic E-state index is 12.9. The summed E-state index contributed by atoms with van der Waals surface area (Å²) in [6.45, 7) is 2.83. The number of nitrogen functional groups attached to an aromatic ring is 1. The molecule has 1 aliphatic heterocycles. The molecule has 0 radical (unpaired) electrons. The highest BCUT2D eigenvalue weighted by Crippen LogP contribution is 2.31. The Kier molecular flexibility index (Phi) is 4.36. The fourth-order valence-electron chi connectivity index (χ4n) is 2.94. The number of aromatic nitrogens is 2. The third-order valence-corrected chi connectivity index (χ3v) is 6.23. The first-order valence-electron chi connectivity index (χ1n) is 7.69. The van der Waals surface area contributed by atoms with Crippen molar-refractivity contribution in [3.63, 3.8) is 0 Å². The monoisotopic (exact) mass is 336 g/mol. The molecule has 1 aliphatic rings. The highest BCUT2D eigenvalue weighted by atomic mass is 32.2. The minimum atomic E-state index is -3.46. The van der Waals surface area contributed by atoms with Crippen molar-refractivity contribution in [1.29, 1.82) is 0 Å². The maximum Gasteiger partial charge on any atom is 0.312 e. The number of nitrogens with two attached hydrogens (primary N) is 1. The molecule has 0 aliphatic carbocycles. The van der Waals surface area contributed by atoms with Gasteiger partial charge in [-0.05, 0) is 30.9 Å². The molecule has 2 N–H and O–H groups in total. The van der Waals surface area contributed by atoms with Crippen molar-refractivity contribution in [1.82, 2.24) is 14.5 Å². The molecular weight excluding hydrogens is 316 g/mol. The SMILES string of the molecule is CCc1ccccc1S(=O)(=O)N1CCC(c2nnc(N)o2)CC1. The number of piperidine rings is 1. The van der Waals surface area contributed by atoms with Gasteiger partial charge >= 0.3 is 6.01 Å². The van der Waals surface area contributed by atoms with Crippen LogP contribution in [0.3, 0.4) is 0 Å². The third kappa shape index (κ3) is 3.09. The number of benzene rings is 1. The van der Waals surface area contributed by atoms with Gasteiger partial charge in [0.15, 0.2) is 0 Å². The van der Waals surface area contributed by atoms with E-state index in [-0.39, 0.29) is 11.9 Å². The Bertz CT molecular complexity index is 780. The lowest BCUT2D eigenvalue weighted by Gasteiger charge is -2.30. The van der Waals surface area contributed by atoms with Crippen LogP contribution in [0.4, 0.5) is 6.01 Å². The largest absolute Gasteiger partial charge is 0.408 e. The van der Waals surface area contributed by atoms with Gasteiger partial charge in [0.2, 0.25) is 15.9 Å². The summed E-state index contributed by atoms with van der Waals surface area (Å²) in [6.07, 6.45) is 1.98. The van der Waals surface area contributed by atoms with Crippen LogP contribution in [0.15, 0.2) is 33.6 Å². The fourth-order valence-corrected chi connectivity index (χ4v) is 4.71. The Balaban J connectivity index is 1.76. The molecular formula is C15H20N4O3S. The number of nitrogens with zero attached hydrogens (tertiary/aromatic N) is 3. The molecule has 1 aromatic heterocycles. The standard InChI is InChI=1S/C15H20N4O3S/c1-2-11-5-3-4-6-13(11)23(20,21)19-9-7-12(8-10-19)14-17-18-15(16)22-14/h3-6,12H,2,7-10H2,1H3,(H2,16,18). The fraction of sp³-hybridized carbons (Fsp3) is 0.467. The van der Waals surface area contributed by atoms with Crippen LogP contribution >= 0.6 is 0 Å². The molecule has 124 valence electrons. The second-order valence-electron chi connectivity index (χ2n) is 5.62. The minimum absolute atomic E-state index is 0.0481. The van der Waals surface area contributed by atoms with E-state index in [4.69, 9.17) is 10.2 Å². The van der Waals surface area contributed by atoms with Gasteiger partial charge in [-0.2, -0.15) is 4.31 Å². The summed E-state index contributed by atoms with van der Waals surface area (Å²) in [5.74, 6) is 0.557. The van der Waals surface area contributed by atoms with E-state index in [1.165, 1.54) is 4.31 Å². The molecule has 8 heteroatoms. The van der Waals surface area contributed by atoms with Gasteiger partial charge in [0.1, 0.15) is 0 Å². The van der Waals surface area contributed by atoms with Crippen molar-refractivity contribution in [2.75, 3.05) is 18.8 Å². The van der Waals surface area contributed by atoms with Crippen LogP contribution in [0.1, 0.15) is 37.1 Å². The highest BCUT2D eigenvalue weighted by Gasteiger charge is 2.32. The number of hydrogen-bond acceptors (Lipinski definition) is 6. The lowest BCUT2D eigenvalue weighted by molar-refractivity contribution is 0.291. The molecule has 1 saturated heterocycles. The first kappa shape index (κ1) is 15.9. The summed E-state index contributed by atoms with van der Waals surface area (Å²) in [7, 11) is -3.46. The average molecular weight is 336 g/mol. The van der Waals surface area contributed by atoms with Gasteiger partial charge in [-0.25, -0.2) is 8.42 Å². The molecule has 0 spiro atoms. The van der Waals surface area contributed by atoms with E-state index in [0.29, 0.717) is 43.1 Å². The van der Waals surface area contributed by atoms with Crippen LogP contribution in [0, 0.1) is 0 Å². The number of rotatable bonds is 4. The van der Waals surface area contributed by atoms with Crippen LogP contribution < -0.4 is 5.73 Å². The van der Waals surface area contributed by atoms with Crippen LogP contribution in [0.5, 0.6) is 0 Å². The van der Waals surface area contributed by atoms with Crippen molar-refractivity contribution in [2.45, 2.75) is 37.0 Å². The molecule has 0 atom stereocenters. The predicted octanol–water partition coefficient (Wildman–Crippen LogP) is 1.78. The Labute approximate surface area is 135 Å². The zero-order valence-corrected chi connectivity index (χ0v) is 13.8. The molecule has 7 nitrogen and oxygen atoms in total. The van der Waals surface area contributed by atoms with Crippen LogP contribution in [0.25, 0.3) is 0 Å². The number of aryl methyl sites for hydroxylation is 1. The molecule has 1 fully saturated rings. The summed E-state index contributed by atoms with van der Waals surface area (Å²) < 4.78 is 32.5. The van der Waals surface area contributed by atoms with Crippen molar-refractivity contribution >= 4 is 16.0 Å². The Morgan fingerprint density at radius 3 is 2.57 bits per heavy atom. The number of anilines is 1. The molecule has 2 aromatic rings. The van der Waals surface area contributed by atoms with E-state index < -0.39 is 10.0 Å². The van der Waals surface area contributed by atoms with E-state index in [9.17, 15) is 8.42 Å².